The van der Waals surface area contributed by atoms with Crippen molar-refractivity contribution in [2.75, 3.05) is 18.0 Å². The maximum atomic E-state index is 13.2. The lowest BCUT2D eigenvalue weighted by Crippen LogP contribution is -2.33. The highest BCUT2D eigenvalue weighted by molar-refractivity contribution is 5.46. The summed E-state index contributed by atoms with van der Waals surface area (Å²) in [5, 5.41) is 0. The van der Waals surface area contributed by atoms with Crippen molar-refractivity contribution in [2.24, 2.45) is 11.1 Å². The summed E-state index contributed by atoms with van der Waals surface area (Å²) >= 11 is 0. The summed E-state index contributed by atoms with van der Waals surface area (Å²) in [7, 11) is 0. The highest BCUT2D eigenvalue weighted by Gasteiger charge is 2.16. The summed E-state index contributed by atoms with van der Waals surface area (Å²) in [5.74, 6) is -0.185. The monoisotopic (exact) mass is 266 g/mol. The summed E-state index contributed by atoms with van der Waals surface area (Å²) in [6.45, 7) is 10.4. The van der Waals surface area contributed by atoms with Crippen LogP contribution < -0.4 is 10.6 Å². The topological polar surface area (TPSA) is 29.3 Å². The van der Waals surface area contributed by atoms with Crippen molar-refractivity contribution in [3.63, 3.8) is 0 Å². The fourth-order valence-corrected chi connectivity index (χ4v) is 2.35. The Hall–Kier alpha value is -1.09. The average Bonchev–Trinajstić information content (AvgIpc) is 2.27. The van der Waals surface area contributed by atoms with Crippen molar-refractivity contribution in [3.8, 4) is 0 Å². The van der Waals surface area contributed by atoms with Crippen molar-refractivity contribution >= 4 is 5.69 Å². The number of nitrogens with zero attached hydrogens (tertiary/aromatic N) is 1. The van der Waals surface area contributed by atoms with Gasteiger partial charge in [0.25, 0.3) is 0 Å². The zero-order chi connectivity index (χ0) is 14.5. The summed E-state index contributed by atoms with van der Waals surface area (Å²) < 4.78 is 13.2. The van der Waals surface area contributed by atoms with Gasteiger partial charge in [-0.1, -0.05) is 26.8 Å². The maximum absolute atomic E-state index is 13.2. The molecule has 0 saturated carbocycles. The number of benzene rings is 1. The molecule has 0 bridgehead atoms. The lowest BCUT2D eigenvalue weighted by Gasteiger charge is -2.27. The first-order chi connectivity index (χ1) is 8.81. The van der Waals surface area contributed by atoms with E-state index in [0.717, 1.165) is 31.6 Å². The predicted octanol–water partition coefficient (Wildman–Crippen LogP) is 3.81. The lowest BCUT2D eigenvalue weighted by molar-refractivity contribution is 0.332. The molecule has 1 rings (SSSR count). The third-order valence-electron chi connectivity index (χ3n) is 3.20. The first kappa shape index (κ1) is 16.0. The van der Waals surface area contributed by atoms with Crippen LogP contribution in [0.5, 0.6) is 0 Å². The van der Waals surface area contributed by atoms with E-state index in [1.54, 1.807) is 12.1 Å². The van der Waals surface area contributed by atoms with Gasteiger partial charge in [0.2, 0.25) is 0 Å². The molecule has 0 radical (unpaired) electrons. The molecule has 0 aliphatic rings. The Kier molecular flexibility index (Phi) is 5.80. The Morgan fingerprint density at radius 2 is 2.00 bits per heavy atom. The van der Waals surface area contributed by atoms with Gasteiger partial charge < -0.3 is 10.6 Å². The fraction of sp³-hybridized carbons (Fsp3) is 0.625. The molecule has 0 aromatic heterocycles. The van der Waals surface area contributed by atoms with Crippen molar-refractivity contribution < 1.29 is 4.39 Å². The van der Waals surface area contributed by atoms with Crippen LogP contribution in [0, 0.1) is 11.2 Å². The van der Waals surface area contributed by atoms with E-state index < -0.39 is 0 Å². The van der Waals surface area contributed by atoms with Gasteiger partial charge in [-0.05, 0) is 43.4 Å². The molecule has 2 nitrogen and oxygen atoms in total. The molecular formula is C16H27FN2. The molecule has 1 aromatic carbocycles. The highest BCUT2D eigenvalue weighted by atomic mass is 19.1. The van der Waals surface area contributed by atoms with Crippen molar-refractivity contribution in [1.82, 2.24) is 0 Å². The van der Waals surface area contributed by atoms with Crippen LogP contribution in [0.4, 0.5) is 10.1 Å². The Morgan fingerprint density at radius 1 is 1.32 bits per heavy atom. The highest BCUT2D eigenvalue weighted by Crippen LogP contribution is 2.22. The number of hydrogen-bond donors (Lipinski definition) is 1. The third-order valence-corrected chi connectivity index (χ3v) is 3.20. The standard InChI is InChI=1S/C16H27FN2/c1-5-19(15-8-6-7-13(17)11-15)10-9-14(18)12-16(2,3)4/h6-8,11,14H,5,9-10,12,18H2,1-4H3. The molecular weight excluding hydrogens is 239 g/mol. The van der Waals surface area contributed by atoms with E-state index in [1.807, 2.05) is 6.07 Å². The maximum Gasteiger partial charge on any atom is 0.125 e. The smallest absolute Gasteiger partial charge is 0.125 e. The SMILES string of the molecule is CCN(CCC(N)CC(C)(C)C)c1cccc(F)c1. The van der Waals surface area contributed by atoms with E-state index in [2.05, 4.69) is 32.6 Å². The minimum absolute atomic E-state index is 0.185. The van der Waals surface area contributed by atoms with Gasteiger partial charge >= 0.3 is 0 Å². The summed E-state index contributed by atoms with van der Waals surface area (Å²) in [5.41, 5.74) is 7.36. The summed E-state index contributed by atoms with van der Waals surface area (Å²) in [6, 6.07) is 6.95. The van der Waals surface area contributed by atoms with Gasteiger partial charge in [-0.3, -0.25) is 0 Å². The van der Waals surface area contributed by atoms with Gasteiger partial charge in [-0.25, -0.2) is 4.39 Å². The quantitative estimate of drug-likeness (QED) is 0.848. The van der Waals surface area contributed by atoms with E-state index in [4.69, 9.17) is 5.73 Å². The third kappa shape index (κ3) is 6.06. The Labute approximate surface area is 116 Å². The average molecular weight is 266 g/mol. The van der Waals surface area contributed by atoms with E-state index in [-0.39, 0.29) is 17.3 Å². The van der Waals surface area contributed by atoms with Crippen LogP contribution in [0.1, 0.15) is 40.5 Å². The van der Waals surface area contributed by atoms with Crippen LogP contribution in [0.15, 0.2) is 24.3 Å². The van der Waals surface area contributed by atoms with Crippen LogP contribution in [0.2, 0.25) is 0 Å². The first-order valence-corrected chi connectivity index (χ1v) is 7.08. The molecule has 0 saturated heterocycles. The fourth-order valence-electron chi connectivity index (χ4n) is 2.35. The predicted molar refractivity (Wildman–Crippen MR) is 81.0 cm³/mol. The molecule has 0 aliphatic heterocycles. The molecule has 1 atom stereocenters. The second kappa shape index (κ2) is 6.90. The number of anilines is 1. The van der Waals surface area contributed by atoms with Crippen molar-refractivity contribution in [1.29, 1.82) is 0 Å². The molecule has 1 unspecified atom stereocenters. The summed E-state index contributed by atoms with van der Waals surface area (Å²) in [4.78, 5) is 2.17. The normalized spacial score (nSPS) is 13.4. The van der Waals surface area contributed by atoms with Gasteiger partial charge in [0.05, 0.1) is 0 Å². The van der Waals surface area contributed by atoms with Gasteiger partial charge in [0, 0.05) is 24.8 Å². The second-order valence-corrected chi connectivity index (χ2v) is 6.37. The number of nitrogens with two attached hydrogens (primary N) is 1. The molecule has 19 heavy (non-hydrogen) atoms. The molecule has 0 amide bonds. The number of hydrogen-bond acceptors (Lipinski definition) is 2. The van der Waals surface area contributed by atoms with Gasteiger partial charge in [-0.15, -0.1) is 0 Å². The van der Waals surface area contributed by atoms with E-state index in [1.165, 1.54) is 6.07 Å². The van der Waals surface area contributed by atoms with Crippen LogP contribution in [0.3, 0.4) is 0 Å². The van der Waals surface area contributed by atoms with E-state index in [0.29, 0.717) is 0 Å². The molecule has 2 N–H and O–H groups in total. The second-order valence-electron chi connectivity index (χ2n) is 6.37. The minimum Gasteiger partial charge on any atom is -0.372 e. The van der Waals surface area contributed by atoms with Crippen molar-refractivity contribution in [3.05, 3.63) is 30.1 Å². The Balaban J connectivity index is 2.54. The molecule has 1 aromatic rings. The molecule has 0 spiro atoms. The molecule has 3 heteroatoms. The van der Waals surface area contributed by atoms with E-state index in [9.17, 15) is 4.39 Å². The van der Waals surface area contributed by atoms with Crippen LogP contribution in [-0.4, -0.2) is 19.1 Å². The Morgan fingerprint density at radius 3 is 2.53 bits per heavy atom. The number of halogens is 1. The molecule has 0 aliphatic carbocycles. The first-order valence-electron chi connectivity index (χ1n) is 7.08. The van der Waals surface area contributed by atoms with Crippen LogP contribution >= 0.6 is 0 Å². The molecule has 0 heterocycles. The van der Waals surface area contributed by atoms with Gasteiger partial charge in [-0.2, -0.15) is 0 Å². The zero-order valence-electron chi connectivity index (χ0n) is 12.6. The number of rotatable bonds is 6. The summed E-state index contributed by atoms with van der Waals surface area (Å²) in [6.07, 6.45) is 1.94. The van der Waals surface area contributed by atoms with Gasteiger partial charge in [0.15, 0.2) is 0 Å². The minimum atomic E-state index is -0.185. The Bertz CT molecular complexity index is 385. The molecule has 108 valence electrons. The molecule has 0 fully saturated rings. The largest absolute Gasteiger partial charge is 0.372 e. The zero-order valence-corrected chi connectivity index (χ0v) is 12.6. The van der Waals surface area contributed by atoms with Crippen molar-refractivity contribution in [2.45, 2.75) is 46.6 Å². The van der Waals surface area contributed by atoms with Crippen LogP contribution in [-0.2, 0) is 0 Å². The van der Waals surface area contributed by atoms with Crippen LogP contribution in [0.25, 0.3) is 0 Å². The van der Waals surface area contributed by atoms with Gasteiger partial charge in [0.1, 0.15) is 5.82 Å². The lowest BCUT2D eigenvalue weighted by atomic mass is 9.87. The van der Waals surface area contributed by atoms with E-state index >= 15 is 0 Å².